The van der Waals surface area contributed by atoms with Crippen molar-refractivity contribution in [2.75, 3.05) is 6.61 Å². The number of carbonyl (C=O) groups is 1. The van der Waals surface area contributed by atoms with Gasteiger partial charge in [0.25, 0.3) is 0 Å². The van der Waals surface area contributed by atoms with E-state index in [0.29, 0.717) is 11.8 Å². The monoisotopic (exact) mass is 186 g/mol. The molecule has 2 atom stereocenters. The Balaban J connectivity index is 2.37. The molecule has 0 amide bonds. The zero-order valence-electron chi connectivity index (χ0n) is 8.32. The Kier molecular flexibility index (Phi) is 3.72. The highest BCUT2D eigenvalue weighted by molar-refractivity contribution is 5.67. The third kappa shape index (κ3) is 3.35. The van der Waals surface area contributed by atoms with Crippen LogP contribution in [0.25, 0.3) is 0 Å². The van der Waals surface area contributed by atoms with Crippen LogP contribution in [0, 0.1) is 11.8 Å². The Bertz CT molecular complexity index is 177. The van der Waals surface area contributed by atoms with Crippen molar-refractivity contribution in [2.45, 2.75) is 39.2 Å². The van der Waals surface area contributed by atoms with E-state index in [1.54, 1.807) is 0 Å². The van der Waals surface area contributed by atoms with Crippen molar-refractivity contribution < 1.29 is 14.6 Å². The molecular formula is C10H18O3. The molecule has 1 fully saturated rings. The number of hydrogen-bond acceptors (Lipinski definition) is 2. The van der Waals surface area contributed by atoms with Gasteiger partial charge >= 0.3 is 5.97 Å². The zero-order valence-corrected chi connectivity index (χ0v) is 8.32. The maximum atomic E-state index is 10.5. The Morgan fingerprint density at radius 3 is 2.85 bits per heavy atom. The van der Waals surface area contributed by atoms with Gasteiger partial charge < -0.3 is 9.84 Å². The molecule has 0 aliphatic carbocycles. The first-order valence-corrected chi connectivity index (χ1v) is 4.93. The molecule has 1 aliphatic rings. The maximum Gasteiger partial charge on any atom is 0.305 e. The number of carboxylic acids is 1. The van der Waals surface area contributed by atoms with Crippen LogP contribution in [-0.2, 0) is 9.53 Å². The molecule has 0 aromatic rings. The van der Waals surface area contributed by atoms with Gasteiger partial charge in [-0.3, -0.25) is 4.79 Å². The highest BCUT2D eigenvalue weighted by atomic mass is 16.5. The van der Waals surface area contributed by atoms with Crippen molar-refractivity contribution in [1.82, 2.24) is 0 Å². The minimum atomic E-state index is -0.755. The van der Waals surface area contributed by atoms with Crippen molar-refractivity contribution in [3.05, 3.63) is 0 Å². The molecule has 1 rings (SSSR count). The minimum absolute atomic E-state index is 0.0568. The van der Waals surface area contributed by atoms with E-state index in [1.165, 1.54) is 0 Å². The van der Waals surface area contributed by atoms with Crippen LogP contribution in [0.1, 0.15) is 33.1 Å². The molecule has 3 heteroatoms. The van der Waals surface area contributed by atoms with E-state index in [-0.39, 0.29) is 12.5 Å². The third-order valence-corrected chi connectivity index (χ3v) is 2.75. The van der Waals surface area contributed by atoms with Crippen molar-refractivity contribution in [2.24, 2.45) is 11.8 Å². The Morgan fingerprint density at radius 1 is 1.62 bits per heavy atom. The summed E-state index contributed by atoms with van der Waals surface area (Å²) in [6, 6.07) is 0. The lowest BCUT2D eigenvalue weighted by Gasteiger charge is -2.31. The summed E-state index contributed by atoms with van der Waals surface area (Å²) in [6.45, 7) is 5.10. The molecule has 2 unspecified atom stereocenters. The summed E-state index contributed by atoms with van der Waals surface area (Å²) in [5.74, 6) is 0.521. The molecule has 0 bridgehead atoms. The highest BCUT2D eigenvalue weighted by Crippen LogP contribution is 2.27. The van der Waals surface area contributed by atoms with Crippen LogP contribution in [0.2, 0.25) is 0 Å². The molecule has 3 nitrogen and oxygen atoms in total. The third-order valence-electron chi connectivity index (χ3n) is 2.75. The molecule has 76 valence electrons. The first-order chi connectivity index (χ1) is 6.09. The van der Waals surface area contributed by atoms with Crippen molar-refractivity contribution >= 4 is 5.97 Å². The molecule has 0 saturated carbocycles. The van der Waals surface area contributed by atoms with Crippen molar-refractivity contribution in [1.29, 1.82) is 0 Å². The van der Waals surface area contributed by atoms with Crippen LogP contribution in [0.5, 0.6) is 0 Å². The SMILES string of the molecule is CC(C)C1CCOC(CC(=O)O)C1. The van der Waals surface area contributed by atoms with Crippen molar-refractivity contribution in [3.8, 4) is 0 Å². The van der Waals surface area contributed by atoms with Gasteiger partial charge in [0.05, 0.1) is 12.5 Å². The summed E-state index contributed by atoms with van der Waals surface area (Å²) < 4.78 is 5.39. The van der Waals surface area contributed by atoms with Gasteiger partial charge in [-0.2, -0.15) is 0 Å². The summed E-state index contributed by atoms with van der Waals surface area (Å²) >= 11 is 0. The van der Waals surface area contributed by atoms with E-state index in [0.717, 1.165) is 19.4 Å². The summed E-state index contributed by atoms with van der Waals surface area (Å²) in [5.41, 5.74) is 0. The molecule has 0 aromatic heterocycles. The van der Waals surface area contributed by atoms with Gasteiger partial charge in [0.2, 0.25) is 0 Å². The molecule has 1 aliphatic heterocycles. The first-order valence-electron chi connectivity index (χ1n) is 4.93. The van der Waals surface area contributed by atoms with Gasteiger partial charge in [-0.15, -0.1) is 0 Å². The first kappa shape index (κ1) is 10.5. The van der Waals surface area contributed by atoms with Gasteiger partial charge in [0, 0.05) is 6.61 Å². The Labute approximate surface area is 79.1 Å². The van der Waals surface area contributed by atoms with Gasteiger partial charge in [-0.25, -0.2) is 0 Å². The van der Waals surface area contributed by atoms with E-state index in [4.69, 9.17) is 9.84 Å². The summed E-state index contributed by atoms with van der Waals surface area (Å²) in [4.78, 5) is 10.5. The number of rotatable bonds is 3. The molecule has 1 N–H and O–H groups in total. The quantitative estimate of drug-likeness (QED) is 0.732. The summed E-state index contributed by atoms with van der Waals surface area (Å²) in [6.07, 6.45) is 2.08. The van der Waals surface area contributed by atoms with E-state index < -0.39 is 5.97 Å². The van der Waals surface area contributed by atoms with E-state index >= 15 is 0 Å². The fourth-order valence-electron chi connectivity index (χ4n) is 1.85. The lowest BCUT2D eigenvalue weighted by molar-refractivity contribution is -0.141. The fourth-order valence-corrected chi connectivity index (χ4v) is 1.85. The molecule has 0 aromatic carbocycles. The van der Waals surface area contributed by atoms with E-state index in [2.05, 4.69) is 13.8 Å². The lowest BCUT2D eigenvalue weighted by Crippen LogP contribution is -2.30. The van der Waals surface area contributed by atoms with Gasteiger partial charge in [-0.1, -0.05) is 13.8 Å². The smallest absolute Gasteiger partial charge is 0.305 e. The average molecular weight is 186 g/mol. The minimum Gasteiger partial charge on any atom is -0.481 e. The number of ether oxygens (including phenoxy) is 1. The second-order valence-electron chi connectivity index (χ2n) is 4.12. The van der Waals surface area contributed by atoms with Crippen LogP contribution < -0.4 is 0 Å². The zero-order chi connectivity index (χ0) is 9.84. The standard InChI is InChI=1S/C10H18O3/c1-7(2)8-3-4-13-9(5-8)6-10(11)12/h7-9H,3-6H2,1-2H3,(H,11,12). The molecule has 1 saturated heterocycles. The van der Waals surface area contributed by atoms with Crippen LogP contribution >= 0.6 is 0 Å². The Hall–Kier alpha value is -0.570. The predicted octanol–water partition coefficient (Wildman–Crippen LogP) is 1.91. The maximum absolute atomic E-state index is 10.5. The summed E-state index contributed by atoms with van der Waals surface area (Å²) in [5, 5.41) is 8.61. The van der Waals surface area contributed by atoms with Gasteiger partial charge in [0.15, 0.2) is 0 Å². The molecular weight excluding hydrogens is 168 g/mol. The molecule has 13 heavy (non-hydrogen) atoms. The second-order valence-corrected chi connectivity index (χ2v) is 4.12. The van der Waals surface area contributed by atoms with Gasteiger partial charge in [0.1, 0.15) is 0 Å². The average Bonchev–Trinajstić information content (AvgIpc) is 2.03. The van der Waals surface area contributed by atoms with E-state index in [9.17, 15) is 4.79 Å². The van der Waals surface area contributed by atoms with Crippen LogP contribution in [0.3, 0.4) is 0 Å². The van der Waals surface area contributed by atoms with Crippen LogP contribution in [0.4, 0.5) is 0 Å². The lowest BCUT2D eigenvalue weighted by atomic mass is 9.85. The topological polar surface area (TPSA) is 46.5 Å². The number of carboxylic acid groups (broad SMARTS) is 1. The predicted molar refractivity (Wildman–Crippen MR) is 49.6 cm³/mol. The van der Waals surface area contributed by atoms with E-state index in [1.807, 2.05) is 0 Å². The molecule has 0 radical (unpaired) electrons. The van der Waals surface area contributed by atoms with Crippen LogP contribution in [-0.4, -0.2) is 23.8 Å². The number of hydrogen-bond donors (Lipinski definition) is 1. The molecule has 0 spiro atoms. The second kappa shape index (κ2) is 4.61. The highest BCUT2D eigenvalue weighted by Gasteiger charge is 2.26. The molecule has 1 heterocycles. The van der Waals surface area contributed by atoms with Crippen molar-refractivity contribution in [3.63, 3.8) is 0 Å². The fraction of sp³-hybridized carbons (Fsp3) is 0.900. The van der Waals surface area contributed by atoms with Gasteiger partial charge in [-0.05, 0) is 24.7 Å². The number of aliphatic carboxylic acids is 1. The largest absolute Gasteiger partial charge is 0.481 e. The van der Waals surface area contributed by atoms with Crippen LogP contribution in [0.15, 0.2) is 0 Å². The normalized spacial score (nSPS) is 29.2. The Morgan fingerprint density at radius 2 is 2.31 bits per heavy atom. The summed E-state index contributed by atoms with van der Waals surface area (Å²) in [7, 11) is 0.